The summed E-state index contributed by atoms with van der Waals surface area (Å²) in [6.07, 6.45) is -0.0912. The molecule has 2 aliphatic rings. The number of phenolic OH excluding ortho intramolecular Hbond substituents is 2. The average molecular weight is 580 g/mol. The van der Waals surface area contributed by atoms with Gasteiger partial charge in [-0.15, -0.1) is 12.4 Å². The maximum Gasteiger partial charge on any atom is 0.244 e. The highest BCUT2D eigenvalue weighted by atomic mass is 35.5. The molecule has 0 aliphatic heterocycles. The second kappa shape index (κ2) is 10.6. The molecular formula is C30H30ClN3O7. The number of carbonyl (C=O) groups excluding carboxylic acids is 3. The average Bonchev–Trinajstić information content (AvgIpc) is 2.92. The number of rotatable bonds is 4. The number of phenols is 2. The summed E-state index contributed by atoms with van der Waals surface area (Å²) in [5, 5.41) is 49.4. The van der Waals surface area contributed by atoms with Gasteiger partial charge in [0.15, 0.2) is 11.4 Å². The number of ketones is 2. The van der Waals surface area contributed by atoms with Crippen molar-refractivity contribution in [1.29, 1.82) is 0 Å². The number of fused-ring (bicyclic) bond motifs is 3. The number of nitrogens with two attached hydrogens (primary N) is 1. The van der Waals surface area contributed by atoms with Crippen LogP contribution in [-0.4, -0.2) is 55.3 Å². The Kier molecular flexibility index (Phi) is 7.70. The number of halogens is 1. The first-order valence-corrected chi connectivity index (χ1v) is 12.7. The van der Waals surface area contributed by atoms with Gasteiger partial charge in [0, 0.05) is 5.92 Å². The van der Waals surface area contributed by atoms with Crippen LogP contribution in [0.4, 0.5) is 0 Å². The molecule has 0 radical (unpaired) electrons. The number of hydrogen-bond donors (Lipinski definition) is 6. The van der Waals surface area contributed by atoms with Gasteiger partial charge < -0.3 is 26.2 Å². The molecule has 2 aliphatic carbocycles. The van der Waals surface area contributed by atoms with Crippen molar-refractivity contribution >= 4 is 46.4 Å². The molecule has 214 valence electrons. The molecule has 0 unspecified atom stereocenters. The smallest absolute Gasteiger partial charge is 0.244 e. The molecule has 10 nitrogen and oxygen atoms in total. The minimum Gasteiger partial charge on any atom is -0.508 e. The quantitative estimate of drug-likeness (QED) is 0.201. The van der Waals surface area contributed by atoms with Gasteiger partial charge in [0.1, 0.15) is 17.3 Å². The highest BCUT2D eigenvalue weighted by molar-refractivity contribution is 6.27. The van der Waals surface area contributed by atoms with E-state index in [9.17, 15) is 34.8 Å². The van der Waals surface area contributed by atoms with Crippen molar-refractivity contribution in [2.75, 3.05) is 0 Å². The predicted molar refractivity (Wildman–Crippen MR) is 155 cm³/mol. The molecule has 0 fully saturated rings. The van der Waals surface area contributed by atoms with E-state index in [1.165, 1.54) is 6.92 Å². The molecule has 0 aromatic heterocycles. The zero-order valence-corrected chi connectivity index (χ0v) is 23.4. The number of hydrazone groups is 1. The number of Topliss-reactive ketones (excluding diaryl/α,β-unsaturated/α-hetero) is 2. The van der Waals surface area contributed by atoms with Crippen molar-refractivity contribution in [3.05, 3.63) is 81.6 Å². The SMILES string of the molecule is C/C(=N\NC(=O)Cc1ccccc1)C1=C(O)[C@@]2(O)C(=O)c3c(c(C)c4ccc(C)c(O)c4c3O)C[C@H]2[C@@H](N)C1=O.Cl. The second-order valence-corrected chi connectivity index (χ2v) is 10.4. The first-order chi connectivity index (χ1) is 18.9. The van der Waals surface area contributed by atoms with Gasteiger partial charge in [0.2, 0.25) is 11.7 Å². The van der Waals surface area contributed by atoms with Gasteiger partial charge in [-0.25, -0.2) is 5.43 Å². The third-order valence-corrected chi connectivity index (χ3v) is 8.04. The van der Waals surface area contributed by atoms with Crippen molar-refractivity contribution in [3.63, 3.8) is 0 Å². The van der Waals surface area contributed by atoms with Crippen LogP contribution in [0.3, 0.4) is 0 Å². The van der Waals surface area contributed by atoms with E-state index in [1.54, 1.807) is 50.2 Å². The van der Waals surface area contributed by atoms with E-state index < -0.39 is 52.1 Å². The Morgan fingerprint density at radius 2 is 1.73 bits per heavy atom. The predicted octanol–water partition coefficient (Wildman–Crippen LogP) is 2.83. The Morgan fingerprint density at radius 3 is 2.39 bits per heavy atom. The Morgan fingerprint density at radius 1 is 1.07 bits per heavy atom. The highest BCUT2D eigenvalue weighted by Gasteiger charge is 2.60. The van der Waals surface area contributed by atoms with E-state index in [-0.39, 0.29) is 47.7 Å². The monoisotopic (exact) mass is 579 g/mol. The van der Waals surface area contributed by atoms with Crippen LogP contribution in [0.5, 0.6) is 11.5 Å². The summed E-state index contributed by atoms with van der Waals surface area (Å²) in [5.41, 5.74) is 7.18. The van der Waals surface area contributed by atoms with Crippen LogP contribution in [0.2, 0.25) is 0 Å². The number of hydrogen-bond acceptors (Lipinski definition) is 9. The topological polar surface area (TPSA) is 183 Å². The molecule has 41 heavy (non-hydrogen) atoms. The first-order valence-electron chi connectivity index (χ1n) is 12.7. The fourth-order valence-electron chi connectivity index (χ4n) is 5.79. The molecule has 11 heteroatoms. The van der Waals surface area contributed by atoms with E-state index in [4.69, 9.17) is 5.73 Å². The molecule has 0 saturated carbocycles. The van der Waals surface area contributed by atoms with Crippen LogP contribution in [0.25, 0.3) is 10.8 Å². The van der Waals surface area contributed by atoms with Crippen LogP contribution in [0.1, 0.15) is 39.5 Å². The van der Waals surface area contributed by atoms with Crippen LogP contribution < -0.4 is 11.2 Å². The molecule has 3 aromatic rings. The third-order valence-electron chi connectivity index (χ3n) is 8.04. The van der Waals surface area contributed by atoms with Crippen molar-refractivity contribution in [2.24, 2.45) is 16.8 Å². The zero-order chi connectivity index (χ0) is 29.1. The van der Waals surface area contributed by atoms with E-state index in [0.717, 1.165) is 5.56 Å². The Balaban J connectivity index is 0.00000387. The minimum absolute atomic E-state index is 0. The standard InChI is InChI=1S/C30H29N3O7.ClH/c1-13-9-10-17-14(2)18-12-19-24(31)27(37)21(15(3)32-33-20(34)11-16-7-5-4-6-8-16)28(38)30(19,40)29(39)23(18)26(36)22(17)25(13)35;/h4-10,19,24,35-36,38,40H,11-12,31H2,1-3H3,(H,33,34);1H/b32-15+;/t19-,24+,30+;/m0./s1. The number of aryl methyl sites for hydroxylation is 2. The lowest BCUT2D eigenvalue weighted by molar-refractivity contribution is -0.122. The summed E-state index contributed by atoms with van der Waals surface area (Å²) in [6.45, 7) is 4.68. The molecule has 3 atom stereocenters. The number of aromatic hydroxyl groups is 2. The van der Waals surface area contributed by atoms with E-state index in [1.807, 2.05) is 6.07 Å². The fraction of sp³-hybridized carbons (Fsp3) is 0.267. The normalized spacial score (nSPS) is 22.2. The van der Waals surface area contributed by atoms with Crippen molar-refractivity contribution in [3.8, 4) is 11.5 Å². The van der Waals surface area contributed by atoms with Crippen molar-refractivity contribution in [1.82, 2.24) is 5.43 Å². The maximum atomic E-state index is 13.9. The van der Waals surface area contributed by atoms with Gasteiger partial charge in [-0.1, -0.05) is 42.5 Å². The number of nitrogens with one attached hydrogen (secondary N) is 1. The van der Waals surface area contributed by atoms with Crippen LogP contribution in [0, 0.1) is 19.8 Å². The molecule has 0 saturated heterocycles. The third kappa shape index (κ3) is 4.44. The van der Waals surface area contributed by atoms with Crippen LogP contribution in [-0.2, 0) is 22.4 Å². The largest absolute Gasteiger partial charge is 0.508 e. The Hall–Kier alpha value is -4.25. The summed E-state index contributed by atoms with van der Waals surface area (Å²) >= 11 is 0. The Labute approximate surface area is 241 Å². The number of amides is 1. The van der Waals surface area contributed by atoms with Crippen molar-refractivity contribution < 1.29 is 34.8 Å². The number of aliphatic hydroxyl groups is 2. The van der Waals surface area contributed by atoms with E-state index >= 15 is 0 Å². The second-order valence-electron chi connectivity index (χ2n) is 10.4. The molecule has 1 amide bonds. The Bertz CT molecular complexity index is 1680. The number of aliphatic hydroxyl groups excluding tert-OH is 1. The first kappa shape index (κ1) is 29.7. The molecular weight excluding hydrogens is 550 g/mol. The van der Waals surface area contributed by atoms with E-state index in [2.05, 4.69) is 10.5 Å². The number of carbonyl (C=O) groups is 3. The van der Waals surface area contributed by atoms with Gasteiger partial charge >= 0.3 is 0 Å². The van der Waals surface area contributed by atoms with Gasteiger partial charge in [-0.2, -0.15) is 5.10 Å². The van der Waals surface area contributed by atoms with E-state index in [0.29, 0.717) is 22.1 Å². The van der Waals surface area contributed by atoms with Gasteiger partial charge in [0.05, 0.1) is 34.7 Å². The molecule has 0 spiro atoms. The lowest BCUT2D eigenvalue weighted by atomic mass is 9.61. The fourth-order valence-corrected chi connectivity index (χ4v) is 5.79. The summed E-state index contributed by atoms with van der Waals surface area (Å²) in [5.74, 6) is -5.23. The number of nitrogens with zero attached hydrogens (tertiary/aromatic N) is 1. The van der Waals surface area contributed by atoms with Crippen molar-refractivity contribution in [2.45, 2.75) is 45.3 Å². The summed E-state index contributed by atoms with van der Waals surface area (Å²) < 4.78 is 0. The van der Waals surface area contributed by atoms with Crippen LogP contribution in [0.15, 0.2) is 58.9 Å². The maximum absolute atomic E-state index is 13.9. The molecule has 0 heterocycles. The van der Waals surface area contributed by atoms with Crippen LogP contribution >= 0.6 is 12.4 Å². The van der Waals surface area contributed by atoms with Gasteiger partial charge in [-0.3, -0.25) is 14.4 Å². The molecule has 5 rings (SSSR count). The van der Waals surface area contributed by atoms with Gasteiger partial charge in [0.25, 0.3) is 0 Å². The van der Waals surface area contributed by atoms with Gasteiger partial charge in [-0.05, 0) is 54.8 Å². The molecule has 7 N–H and O–H groups in total. The lowest BCUT2D eigenvalue weighted by Gasteiger charge is -2.45. The molecule has 0 bridgehead atoms. The summed E-state index contributed by atoms with van der Waals surface area (Å²) in [4.78, 5) is 39.6. The highest BCUT2D eigenvalue weighted by Crippen LogP contribution is 2.50. The lowest BCUT2D eigenvalue weighted by Crippen LogP contribution is -2.63. The summed E-state index contributed by atoms with van der Waals surface area (Å²) in [7, 11) is 0. The zero-order valence-electron chi connectivity index (χ0n) is 22.6. The number of benzene rings is 3. The minimum atomic E-state index is -2.66. The molecule has 3 aromatic carbocycles. The summed E-state index contributed by atoms with van der Waals surface area (Å²) in [6, 6.07) is 10.9.